The number of rotatable bonds is 32. The van der Waals surface area contributed by atoms with Crippen LogP contribution in [0.25, 0.3) is 0 Å². The fourth-order valence-corrected chi connectivity index (χ4v) is 14.5. The maximum absolute atomic E-state index is 14.3. The summed E-state index contributed by atoms with van der Waals surface area (Å²) in [7, 11) is -0.779. The maximum Gasteiger partial charge on any atom is 0.416 e. The van der Waals surface area contributed by atoms with Gasteiger partial charge in [-0.05, 0) is 152 Å². The molecule has 1 aromatic heterocycles. The fourth-order valence-electron chi connectivity index (χ4n) is 13.4. The van der Waals surface area contributed by atoms with Gasteiger partial charge in [-0.1, -0.05) is 42.3 Å². The van der Waals surface area contributed by atoms with E-state index in [4.69, 9.17) is 37.9 Å². The lowest BCUT2D eigenvalue weighted by Crippen LogP contribution is -2.54. The molecule has 0 bridgehead atoms. The number of hydrogen-bond donors (Lipinski definition) is 4. The molecule has 3 aromatic carbocycles. The van der Waals surface area contributed by atoms with Crippen molar-refractivity contribution in [1.82, 2.24) is 35.4 Å². The van der Waals surface area contributed by atoms with Gasteiger partial charge in [-0.25, -0.2) is 22.8 Å². The van der Waals surface area contributed by atoms with Gasteiger partial charge in [-0.3, -0.25) is 33.8 Å². The van der Waals surface area contributed by atoms with Gasteiger partial charge in [0.1, 0.15) is 31.1 Å². The zero-order valence-electron chi connectivity index (χ0n) is 58.2. The number of hydrogen-bond acceptors (Lipinski definition) is 21. The van der Waals surface area contributed by atoms with Crippen molar-refractivity contribution in [3.8, 4) is 23.0 Å². The smallest absolute Gasteiger partial charge is 0.416 e. The van der Waals surface area contributed by atoms with E-state index in [2.05, 4.69) is 45.1 Å². The SMILES string of the molecule is COc1cc2c(cc1OCCCCCOc1cc3c(cc1OC)C(=O)N1C=C(C)C[C@H]1[C@H](O)N3C(=O)OCc1ccc(NC(=O)[C@H](C)NC(=O)[C@@H](NC(=O)COCCOCCCS(=O)(=O)CC(=O)OCC3[C@H]4CCc5c(nnn5C(C)C)CC[C@@H]34)C(C)C)cc1)N=C[C@@H]1CC(C)=CN1C2=O. The molecule has 540 valence electrons. The number of esters is 1. The number of carbonyl (C=O) groups is 7. The van der Waals surface area contributed by atoms with Crippen molar-refractivity contribution in [2.75, 3.05) is 82.2 Å². The minimum atomic E-state index is -3.73. The summed E-state index contributed by atoms with van der Waals surface area (Å²) in [5.74, 6) is -2.09. The van der Waals surface area contributed by atoms with Crippen LogP contribution in [0.1, 0.15) is 144 Å². The predicted molar refractivity (Wildman–Crippen MR) is 367 cm³/mol. The van der Waals surface area contributed by atoms with Crippen LogP contribution in [0.3, 0.4) is 0 Å². The van der Waals surface area contributed by atoms with Crippen LogP contribution >= 0.6 is 0 Å². The zero-order chi connectivity index (χ0) is 71.5. The standard InChI is InChI=1S/C71H92N10O18S/c1-41(2)65(75-63(82)39-95-26-25-94-22-13-27-100(90,91)40-64(83)98-38-53-49-18-20-54-56(21-19-50(49)53)81(42(3)4)77-76-54)67(85)73-45(7)66(84)74-47-16-14-46(15-17-47)37-99-71(89)80-57-33-62(60(93-9)31-52(57)69(87)79-36-44(6)29-58(79)70(80)88)97-24-12-10-11-23-96-61-32-55-51(30-59(61)92-8)68(86)78-35-43(5)28-48(78)34-72-55/h14-17,30-36,41-42,45,48-50,53,58,65,70,88H,10-13,18-29,37-40H2,1-9H3,(H,73,85)(H,74,84)(H,75,82)/t45-,48-,49+,50-,53?,58-,65-,70-/m0/s1. The van der Waals surface area contributed by atoms with E-state index in [9.17, 15) is 47.1 Å². The van der Waals surface area contributed by atoms with Crippen LogP contribution in [-0.4, -0.2) is 188 Å². The van der Waals surface area contributed by atoms with Crippen LogP contribution in [0, 0.1) is 23.7 Å². The van der Waals surface area contributed by atoms with Crippen LogP contribution in [0.5, 0.6) is 23.0 Å². The van der Waals surface area contributed by atoms with E-state index in [1.807, 2.05) is 24.7 Å². The number of aliphatic imine (C=N–C) groups is 1. The molecule has 6 aliphatic rings. The van der Waals surface area contributed by atoms with Gasteiger partial charge in [-0.2, -0.15) is 0 Å². The lowest BCUT2D eigenvalue weighted by molar-refractivity contribution is -0.141. The molecule has 0 saturated heterocycles. The molecule has 1 unspecified atom stereocenters. The molecule has 2 aliphatic carbocycles. The van der Waals surface area contributed by atoms with Gasteiger partial charge < -0.3 is 68.8 Å². The second kappa shape index (κ2) is 33.0. The van der Waals surface area contributed by atoms with Gasteiger partial charge in [0.15, 0.2) is 39.1 Å². The highest BCUT2D eigenvalue weighted by atomic mass is 32.2. The number of ether oxygens (including phenoxy) is 8. The number of aliphatic hydroxyl groups is 1. The Balaban J connectivity index is 0.625. The molecule has 28 nitrogen and oxygen atoms in total. The molecule has 6 amide bonds. The number of unbranched alkanes of at least 4 members (excludes halogenated alkanes) is 2. The molecule has 4 aromatic rings. The normalized spacial score (nSPS) is 20.3. The number of nitrogens with one attached hydrogen (secondary N) is 3. The highest BCUT2D eigenvalue weighted by molar-refractivity contribution is 7.92. The summed E-state index contributed by atoms with van der Waals surface area (Å²) in [4.78, 5) is 103. The highest BCUT2D eigenvalue weighted by Gasteiger charge is 2.51. The maximum atomic E-state index is 14.3. The van der Waals surface area contributed by atoms with E-state index in [1.54, 1.807) is 67.6 Å². The molecule has 0 radical (unpaired) electrons. The molecule has 4 N–H and O–H groups in total. The van der Waals surface area contributed by atoms with Crippen LogP contribution in [-0.2, 0) is 67.4 Å². The van der Waals surface area contributed by atoms with Crippen molar-refractivity contribution < 1.29 is 85.0 Å². The van der Waals surface area contributed by atoms with Gasteiger partial charge in [0.25, 0.3) is 11.8 Å². The minimum Gasteiger partial charge on any atom is -0.493 e. The Morgan fingerprint density at radius 2 is 1.38 bits per heavy atom. The Hall–Kier alpha value is -8.93. The highest BCUT2D eigenvalue weighted by Crippen LogP contribution is 2.53. The predicted octanol–water partition coefficient (Wildman–Crippen LogP) is 7.34. The van der Waals surface area contributed by atoms with Gasteiger partial charge in [-0.15, -0.1) is 5.10 Å². The largest absolute Gasteiger partial charge is 0.493 e. The van der Waals surface area contributed by atoms with Crippen LogP contribution < -0.4 is 39.8 Å². The average Bonchev–Trinajstić information content (AvgIpc) is 1.59. The summed E-state index contributed by atoms with van der Waals surface area (Å²) < 4.78 is 73.3. The average molecular weight is 1410 g/mol. The monoisotopic (exact) mass is 1400 g/mol. The van der Waals surface area contributed by atoms with Crippen molar-refractivity contribution >= 4 is 74.7 Å². The van der Waals surface area contributed by atoms with E-state index < -0.39 is 82.2 Å². The van der Waals surface area contributed by atoms with E-state index in [-0.39, 0.29) is 104 Å². The minimum absolute atomic E-state index is 0.00147. The number of methoxy groups -OCH3 is 2. The van der Waals surface area contributed by atoms with Crippen LogP contribution in [0.4, 0.5) is 21.9 Å². The molecular formula is C71H92N10O18S. The summed E-state index contributed by atoms with van der Waals surface area (Å²) in [6.45, 7) is 13.2. The molecule has 1 saturated carbocycles. The lowest BCUT2D eigenvalue weighted by atomic mass is 10.0. The number of sulfone groups is 1. The summed E-state index contributed by atoms with van der Waals surface area (Å²) in [5.41, 5.74) is 6.06. The number of nitrogens with zero attached hydrogens (tertiary/aromatic N) is 7. The topological polar surface area (TPSA) is 337 Å². The van der Waals surface area contributed by atoms with Gasteiger partial charge in [0.05, 0.1) is 99.0 Å². The number of benzene rings is 3. The lowest BCUT2D eigenvalue weighted by Gasteiger charge is -2.31. The second-order valence-electron chi connectivity index (χ2n) is 26.9. The molecule has 100 heavy (non-hydrogen) atoms. The Labute approximate surface area is 582 Å². The number of carbonyl (C=O) groups excluding carboxylic acids is 7. The number of amides is 6. The third-order valence-corrected chi connectivity index (χ3v) is 20.4. The molecule has 10 rings (SSSR count). The zero-order valence-corrected chi connectivity index (χ0v) is 59.0. The molecule has 29 heteroatoms. The van der Waals surface area contributed by atoms with E-state index in [1.165, 1.54) is 43.9 Å². The molecule has 8 atom stereocenters. The number of aromatic nitrogens is 3. The third kappa shape index (κ3) is 18.0. The summed E-state index contributed by atoms with van der Waals surface area (Å²) in [6, 6.07) is 9.95. The van der Waals surface area contributed by atoms with Crippen molar-refractivity contribution in [2.24, 2.45) is 28.7 Å². The molecule has 1 fully saturated rings. The van der Waals surface area contributed by atoms with Crippen molar-refractivity contribution in [3.05, 3.63) is 100 Å². The quantitative estimate of drug-likeness (QED) is 0.0274. The summed E-state index contributed by atoms with van der Waals surface area (Å²) >= 11 is 0. The first-order valence-corrected chi connectivity index (χ1v) is 36.1. The number of fused-ring (bicyclic) bond motifs is 6. The molecule has 5 heterocycles. The van der Waals surface area contributed by atoms with Gasteiger partial charge in [0.2, 0.25) is 17.7 Å². The van der Waals surface area contributed by atoms with E-state index in [0.29, 0.717) is 78.1 Å². The Kier molecular flexibility index (Phi) is 24.4. The number of aliphatic hydroxyl groups excluding tert-OH is 1. The fraction of sp³-hybridized carbons (Fsp3) is 0.549. The summed E-state index contributed by atoms with van der Waals surface area (Å²) in [6.07, 6.45) is 9.45. The van der Waals surface area contributed by atoms with Crippen molar-refractivity contribution in [2.45, 2.75) is 156 Å². The molecule has 0 spiro atoms. The third-order valence-electron chi connectivity index (χ3n) is 18.8. The van der Waals surface area contributed by atoms with Crippen LogP contribution in [0.15, 0.2) is 77.1 Å². The first kappa shape index (κ1) is 73.8. The van der Waals surface area contributed by atoms with E-state index >= 15 is 0 Å². The van der Waals surface area contributed by atoms with Gasteiger partial charge in [0, 0.05) is 49.1 Å². The summed E-state index contributed by atoms with van der Waals surface area (Å²) in [5, 5.41) is 28.7. The van der Waals surface area contributed by atoms with E-state index in [0.717, 1.165) is 53.8 Å². The second-order valence-corrected chi connectivity index (χ2v) is 29.1. The first-order valence-electron chi connectivity index (χ1n) is 34.2. The van der Waals surface area contributed by atoms with Crippen LogP contribution in [0.2, 0.25) is 0 Å². The van der Waals surface area contributed by atoms with Gasteiger partial charge >= 0.3 is 12.1 Å². The number of anilines is 2. The van der Waals surface area contributed by atoms with Crippen molar-refractivity contribution in [1.29, 1.82) is 0 Å². The Morgan fingerprint density at radius 3 is 2.08 bits per heavy atom. The number of aryl methyl sites for hydroxylation is 1. The first-order chi connectivity index (χ1) is 47.9. The van der Waals surface area contributed by atoms with Crippen molar-refractivity contribution in [3.63, 3.8) is 0 Å². The molecule has 4 aliphatic heterocycles. The molecular weight excluding hydrogens is 1310 g/mol. The Bertz CT molecular complexity index is 3890. The Morgan fingerprint density at radius 1 is 0.720 bits per heavy atom.